The molecular weight excluding hydrogens is 761 g/mol. The van der Waals surface area contributed by atoms with Gasteiger partial charge in [0.15, 0.2) is 0 Å². The summed E-state index contributed by atoms with van der Waals surface area (Å²) in [5.74, 6) is -6.43. The van der Waals surface area contributed by atoms with Crippen LogP contribution in [0.4, 0.5) is 0 Å². The van der Waals surface area contributed by atoms with Gasteiger partial charge in [-0.25, -0.2) is 4.98 Å². The number of H-pyrrole nitrogens is 1. The second-order valence-corrected chi connectivity index (χ2v) is 15.2. The van der Waals surface area contributed by atoms with Crippen molar-refractivity contribution < 1.29 is 43.5 Å². The molecule has 0 saturated heterocycles. The van der Waals surface area contributed by atoms with Crippen LogP contribution in [0.15, 0.2) is 42.9 Å². The summed E-state index contributed by atoms with van der Waals surface area (Å²) in [6.07, 6.45) is 4.37. The van der Waals surface area contributed by atoms with E-state index < -0.39 is 102 Å². The zero-order valence-electron chi connectivity index (χ0n) is 32.8. The molecule has 0 bridgehead atoms. The van der Waals surface area contributed by atoms with Crippen molar-refractivity contribution in [2.24, 2.45) is 23.3 Å². The molecule has 2 aromatic rings. The van der Waals surface area contributed by atoms with Gasteiger partial charge in [0.25, 0.3) is 0 Å². The average Bonchev–Trinajstić information content (AvgIpc) is 3.66. The molecule has 0 aliphatic heterocycles. The summed E-state index contributed by atoms with van der Waals surface area (Å²) in [5.41, 5.74) is 12.3. The van der Waals surface area contributed by atoms with Gasteiger partial charge in [0, 0.05) is 24.7 Å². The number of rotatable bonds is 25. The van der Waals surface area contributed by atoms with E-state index in [9.17, 15) is 38.4 Å². The first-order valence-corrected chi connectivity index (χ1v) is 19.9. The number of hydrogen-bond acceptors (Lipinski definition) is 11. The maximum atomic E-state index is 13.9. The van der Waals surface area contributed by atoms with Crippen LogP contribution in [0, 0.1) is 11.8 Å². The van der Waals surface area contributed by atoms with Gasteiger partial charge in [-0.2, -0.15) is 11.8 Å². The van der Waals surface area contributed by atoms with Crippen LogP contribution < -0.4 is 43.4 Å². The van der Waals surface area contributed by atoms with Gasteiger partial charge in [-0.15, -0.1) is 0 Å². The van der Waals surface area contributed by atoms with Crippen LogP contribution in [0.5, 0.6) is 0 Å². The Morgan fingerprint density at radius 3 is 1.95 bits per heavy atom. The molecule has 12 N–H and O–H groups in total. The molecule has 1 aromatic heterocycles. The summed E-state index contributed by atoms with van der Waals surface area (Å²) in [4.78, 5) is 110. The maximum absolute atomic E-state index is 13.9. The van der Waals surface area contributed by atoms with Crippen molar-refractivity contribution in [2.75, 3.05) is 18.6 Å². The fraction of sp³-hybridized carbons (Fsp3) is 0.541. The van der Waals surface area contributed by atoms with Crippen LogP contribution in [0.2, 0.25) is 0 Å². The fourth-order valence-corrected chi connectivity index (χ4v) is 6.00. The first-order chi connectivity index (χ1) is 26.9. The molecule has 7 amide bonds. The van der Waals surface area contributed by atoms with Gasteiger partial charge in [0.2, 0.25) is 41.4 Å². The Morgan fingerprint density at radius 2 is 1.39 bits per heavy atom. The Hall–Kier alpha value is -5.50. The van der Waals surface area contributed by atoms with Crippen molar-refractivity contribution in [1.82, 2.24) is 41.9 Å². The summed E-state index contributed by atoms with van der Waals surface area (Å²) in [6.45, 7) is 6.49. The lowest BCUT2D eigenvalue weighted by atomic mass is 10.0. The van der Waals surface area contributed by atoms with Gasteiger partial charge in [0.05, 0.1) is 25.3 Å². The molecule has 0 spiro atoms. The van der Waals surface area contributed by atoms with Crippen LogP contribution in [-0.2, 0) is 51.2 Å². The van der Waals surface area contributed by atoms with Crippen LogP contribution in [0.25, 0.3) is 0 Å². The average molecular weight is 817 g/mol. The van der Waals surface area contributed by atoms with Crippen LogP contribution in [-0.4, -0.2) is 117 Å². The quantitative estimate of drug-likeness (QED) is 0.0547. The number of thioether (sulfide) groups is 1. The van der Waals surface area contributed by atoms with E-state index in [4.69, 9.17) is 16.6 Å². The number of carbonyl (C=O) groups is 8. The van der Waals surface area contributed by atoms with Gasteiger partial charge in [0.1, 0.15) is 30.2 Å². The minimum atomic E-state index is -1.46. The number of benzene rings is 1. The lowest BCUT2D eigenvalue weighted by Gasteiger charge is -2.27. The molecule has 20 heteroatoms. The third-order valence-electron chi connectivity index (χ3n) is 8.56. The Bertz CT molecular complexity index is 1660. The number of aromatic nitrogens is 2. The van der Waals surface area contributed by atoms with Crippen LogP contribution in [0.3, 0.4) is 0 Å². The van der Waals surface area contributed by atoms with Gasteiger partial charge in [-0.1, -0.05) is 58.0 Å². The smallest absolute Gasteiger partial charge is 0.305 e. The number of amides is 7. The number of hydrogen-bond donors (Lipinski definition) is 10. The lowest BCUT2D eigenvalue weighted by molar-refractivity contribution is -0.140. The molecule has 57 heavy (non-hydrogen) atoms. The minimum Gasteiger partial charge on any atom is -0.481 e. The first kappa shape index (κ1) is 47.7. The van der Waals surface area contributed by atoms with E-state index in [-0.39, 0.29) is 25.2 Å². The number of carboxylic acids is 1. The molecule has 19 nitrogen and oxygen atoms in total. The molecular formula is C37H56N10O9S. The van der Waals surface area contributed by atoms with Gasteiger partial charge >= 0.3 is 5.97 Å². The maximum Gasteiger partial charge on any atom is 0.305 e. The summed E-state index contributed by atoms with van der Waals surface area (Å²) >= 11 is 1.48. The number of nitrogens with one attached hydrogen (secondary N) is 7. The van der Waals surface area contributed by atoms with E-state index in [0.29, 0.717) is 23.4 Å². The molecule has 0 radical (unpaired) electrons. The number of carboxylic acid groups (broad SMARTS) is 1. The number of nitrogens with two attached hydrogens (primary N) is 2. The second-order valence-electron chi connectivity index (χ2n) is 14.2. The van der Waals surface area contributed by atoms with Crippen molar-refractivity contribution in [1.29, 1.82) is 0 Å². The van der Waals surface area contributed by atoms with Crippen molar-refractivity contribution in [3.63, 3.8) is 0 Å². The number of imidazole rings is 1. The monoisotopic (exact) mass is 816 g/mol. The normalized spacial score (nSPS) is 14.2. The minimum absolute atomic E-state index is 0.0229. The Morgan fingerprint density at radius 1 is 0.789 bits per heavy atom. The molecule has 314 valence electrons. The van der Waals surface area contributed by atoms with Crippen LogP contribution in [0.1, 0.15) is 58.2 Å². The Kier molecular flexibility index (Phi) is 20.2. The molecule has 6 atom stereocenters. The SMILES string of the molecule is CSCC[C@H](NC(=O)[C@H](CC(C)C)NC(=O)CNC(=O)[C@@H](NC(=O)[C@H](Cc1ccccc1)NC(=O)[C@H](Cc1cnc[nH]1)NC(=O)[C@@H](N)CC(=O)O)C(C)C)C(N)=O. The Labute approximate surface area is 335 Å². The van der Waals surface area contributed by atoms with E-state index in [1.165, 1.54) is 24.3 Å². The van der Waals surface area contributed by atoms with E-state index in [2.05, 4.69) is 41.9 Å². The third kappa shape index (κ3) is 17.5. The van der Waals surface area contributed by atoms with Crippen molar-refractivity contribution in [2.45, 2.75) is 96.1 Å². The highest BCUT2D eigenvalue weighted by atomic mass is 32.2. The fourth-order valence-electron chi connectivity index (χ4n) is 5.52. The molecule has 2 rings (SSSR count). The highest BCUT2D eigenvalue weighted by Gasteiger charge is 2.33. The molecule has 1 heterocycles. The van der Waals surface area contributed by atoms with Crippen LogP contribution >= 0.6 is 11.8 Å². The molecule has 1 aromatic carbocycles. The highest BCUT2D eigenvalue weighted by molar-refractivity contribution is 7.98. The topological polar surface area (TPSA) is 310 Å². The number of carbonyl (C=O) groups excluding carboxylic acids is 7. The second kappa shape index (κ2) is 24.2. The predicted octanol–water partition coefficient (Wildman–Crippen LogP) is -1.52. The van der Waals surface area contributed by atoms with E-state index in [1.54, 1.807) is 44.2 Å². The molecule has 0 saturated carbocycles. The summed E-state index contributed by atoms with van der Waals surface area (Å²) in [7, 11) is 0. The standard InChI is InChI=1S/C37H56N10O9S/c1-20(2)13-26(34(53)44-25(32(39)51)11-12-57-5)43-29(48)18-41-37(56)31(21(3)4)47-36(55)27(14-22-9-7-6-8-10-22)46-35(54)28(15-23-17-40-19-42-23)45-33(52)24(38)16-30(49)50/h6-10,17,19-21,24-28,31H,11-16,18,38H2,1-5H3,(H2,39,51)(H,40,42)(H,41,56)(H,43,48)(H,44,53)(H,45,52)(H,46,54)(H,47,55)(H,49,50)/t24-,25-,26-,27-,28-,31-/m0/s1. The summed E-state index contributed by atoms with van der Waals surface area (Å²) in [5, 5.41) is 24.6. The zero-order chi connectivity index (χ0) is 42.7. The summed E-state index contributed by atoms with van der Waals surface area (Å²) in [6, 6.07) is 1.53. The Balaban J connectivity index is 2.22. The first-order valence-electron chi connectivity index (χ1n) is 18.5. The number of aliphatic carboxylic acids is 1. The largest absolute Gasteiger partial charge is 0.481 e. The molecule has 0 aliphatic rings. The van der Waals surface area contributed by atoms with E-state index in [0.717, 1.165) is 0 Å². The number of primary amides is 1. The number of aromatic amines is 1. The third-order valence-corrected chi connectivity index (χ3v) is 9.20. The molecule has 0 aliphatic carbocycles. The van der Waals surface area contributed by atoms with Crippen molar-refractivity contribution in [3.8, 4) is 0 Å². The number of nitrogens with zero attached hydrogens (tertiary/aromatic N) is 1. The van der Waals surface area contributed by atoms with E-state index >= 15 is 0 Å². The highest BCUT2D eigenvalue weighted by Crippen LogP contribution is 2.10. The predicted molar refractivity (Wildman–Crippen MR) is 212 cm³/mol. The summed E-state index contributed by atoms with van der Waals surface area (Å²) < 4.78 is 0. The van der Waals surface area contributed by atoms with Gasteiger partial charge in [-0.05, 0) is 42.2 Å². The molecule has 0 unspecified atom stereocenters. The zero-order valence-corrected chi connectivity index (χ0v) is 33.6. The van der Waals surface area contributed by atoms with Gasteiger partial charge < -0.3 is 53.5 Å². The molecule has 0 fully saturated rings. The van der Waals surface area contributed by atoms with Crippen molar-refractivity contribution in [3.05, 3.63) is 54.1 Å². The van der Waals surface area contributed by atoms with E-state index in [1.807, 2.05) is 20.1 Å². The van der Waals surface area contributed by atoms with Crippen molar-refractivity contribution >= 4 is 59.1 Å². The van der Waals surface area contributed by atoms with Gasteiger partial charge in [-0.3, -0.25) is 38.4 Å². The lowest BCUT2D eigenvalue weighted by Crippen LogP contribution is -2.60.